The monoisotopic (exact) mass is 487 g/mol. The predicted molar refractivity (Wildman–Crippen MR) is 132 cm³/mol. The molecule has 1 aromatic carbocycles. The highest BCUT2D eigenvalue weighted by Gasteiger charge is 2.44. The number of hydrogen-bond acceptors (Lipinski definition) is 4. The molecule has 0 unspecified atom stereocenters. The van der Waals surface area contributed by atoms with Crippen molar-refractivity contribution < 1.29 is 27.1 Å². The molecule has 0 N–H and O–H groups in total. The van der Waals surface area contributed by atoms with E-state index >= 15 is 0 Å². The van der Waals surface area contributed by atoms with Crippen LogP contribution in [-0.4, -0.2) is 40.7 Å². The van der Waals surface area contributed by atoms with Gasteiger partial charge in [-0.2, -0.15) is 13.2 Å². The number of aliphatic imine (C=N–C) groups is 1. The molecule has 8 heteroatoms. The van der Waals surface area contributed by atoms with Crippen molar-refractivity contribution in [3.63, 3.8) is 0 Å². The minimum atomic E-state index is -4.67. The van der Waals surface area contributed by atoms with Gasteiger partial charge in [-0.05, 0) is 66.7 Å². The highest BCUT2D eigenvalue weighted by atomic mass is 28.4. The third-order valence-corrected chi connectivity index (χ3v) is 12.1. The summed E-state index contributed by atoms with van der Waals surface area (Å²) >= 11 is 0. The number of halogens is 3. The fraction of sp³-hybridized carbons (Fsp3) is 0.640. The van der Waals surface area contributed by atoms with Gasteiger partial charge in [-0.1, -0.05) is 47.1 Å². The van der Waals surface area contributed by atoms with E-state index in [1.807, 2.05) is 6.92 Å². The van der Waals surface area contributed by atoms with E-state index in [1.165, 1.54) is 19.2 Å². The van der Waals surface area contributed by atoms with E-state index in [9.17, 15) is 13.2 Å². The van der Waals surface area contributed by atoms with Crippen molar-refractivity contribution in [2.24, 2.45) is 4.99 Å². The lowest BCUT2D eigenvalue weighted by Gasteiger charge is -2.42. The number of hydrogen-bond donors (Lipinski definition) is 0. The van der Waals surface area contributed by atoms with Crippen LogP contribution in [0.15, 0.2) is 40.9 Å². The molecule has 0 bridgehead atoms. The van der Waals surface area contributed by atoms with Crippen LogP contribution in [0.4, 0.5) is 18.9 Å². The van der Waals surface area contributed by atoms with E-state index in [4.69, 9.17) is 13.9 Å². The molecule has 0 saturated carbocycles. The summed E-state index contributed by atoms with van der Waals surface area (Å²) in [6.07, 6.45) is -1.42. The third kappa shape index (κ3) is 8.81. The molecule has 33 heavy (non-hydrogen) atoms. The summed E-state index contributed by atoms with van der Waals surface area (Å²) in [4.78, 5) is 3.62. The normalized spacial score (nSPS) is 13.9. The van der Waals surface area contributed by atoms with Gasteiger partial charge in [0.2, 0.25) is 0 Å². The second-order valence-corrected chi connectivity index (χ2v) is 14.7. The maximum Gasteiger partial charge on any atom is 0.468 e. The van der Waals surface area contributed by atoms with Crippen molar-refractivity contribution in [2.45, 2.75) is 84.1 Å². The standard InChI is InChI=1S/C25H40F3NO3Si/c1-18(2)33(19(3)4,20(5)6)32-16-9-10-21(7)15-17-31-24(25(26,27)28)29-22-11-13-23(30-8)14-12-22/h11-15,18-20H,9-10,16-17H2,1-8H3/b21-15-,29-24?. The van der Waals surface area contributed by atoms with E-state index < -0.39 is 20.4 Å². The number of allylic oxidation sites excluding steroid dienone is 1. The number of benzene rings is 1. The Kier molecular flexibility index (Phi) is 11.7. The molecule has 0 aliphatic carbocycles. The molecule has 0 aliphatic heterocycles. The van der Waals surface area contributed by atoms with Crippen LogP contribution < -0.4 is 4.74 Å². The van der Waals surface area contributed by atoms with Crippen LogP contribution in [0, 0.1) is 0 Å². The first-order valence-electron chi connectivity index (χ1n) is 11.6. The van der Waals surface area contributed by atoms with Crippen molar-refractivity contribution >= 4 is 19.9 Å². The minimum Gasteiger partial charge on any atom is -0.497 e. The van der Waals surface area contributed by atoms with Crippen LogP contribution >= 0.6 is 0 Å². The minimum absolute atomic E-state index is 0.147. The molecule has 0 aliphatic rings. The second-order valence-electron chi connectivity index (χ2n) is 9.24. The average molecular weight is 488 g/mol. The molecule has 0 radical (unpaired) electrons. The number of methoxy groups -OCH3 is 1. The van der Waals surface area contributed by atoms with Gasteiger partial charge in [-0.15, -0.1) is 0 Å². The van der Waals surface area contributed by atoms with Crippen molar-refractivity contribution in [3.05, 3.63) is 35.9 Å². The number of nitrogens with zero attached hydrogens (tertiary/aromatic N) is 1. The van der Waals surface area contributed by atoms with E-state index in [2.05, 4.69) is 46.5 Å². The highest BCUT2D eigenvalue weighted by molar-refractivity contribution is 6.77. The molecule has 1 rings (SSSR count). The largest absolute Gasteiger partial charge is 0.497 e. The van der Waals surface area contributed by atoms with Gasteiger partial charge in [0, 0.05) is 6.61 Å². The van der Waals surface area contributed by atoms with Crippen LogP contribution in [0.5, 0.6) is 5.75 Å². The Labute approximate surface area is 198 Å². The van der Waals surface area contributed by atoms with E-state index in [0.717, 1.165) is 18.4 Å². The lowest BCUT2D eigenvalue weighted by molar-refractivity contribution is -0.0770. The molecule has 0 atom stereocenters. The maximum atomic E-state index is 13.3. The fourth-order valence-electron chi connectivity index (χ4n) is 4.42. The summed E-state index contributed by atoms with van der Waals surface area (Å²) in [7, 11) is -0.410. The van der Waals surface area contributed by atoms with E-state index in [0.29, 0.717) is 29.0 Å². The van der Waals surface area contributed by atoms with Gasteiger partial charge in [-0.25, -0.2) is 4.99 Å². The van der Waals surface area contributed by atoms with Crippen LogP contribution in [-0.2, 0) is 9.16 Å². The first kappa shape index (κ1) is 29.2. The van der Waals surface area contributed by atoms with E-state index in [-0.39, 0.29) is 12.3 Å². The maximum absolute atomic E-state index is 13.3. The SMILES string of the molecule is COc1ccc(N=C(OC/C=C(/C)CCCO[Si](C(C)C)(C(C)C)C(C)C)C(F)(F)F)cc1. The Morgan fingerprint density at radius 2 is 1.55 bits per heavy atom. The molecule has 188 valence electrons. The topological polar surface area (TPSA) is 40.0 Å². The zero-order valence-corrected chi connectivity index (χ0v) is 22.3. The fourth-order valence-corrected chi connectivity index (χ4v) is 9.91. The molecule has 0 fully saturated rings. The summed E-state index contributed by atoms with van der Waals surface area (Å²) < 4.78 is 56.5. The molecule has 0 aromatic heterocycles. The molecule has 0 spiro atoms. The van der Waals surface area contributed by atoms with Crippen molar-refractivity contribution in [1.29, 1.82) is 0 Å². The number of rotatable bonds is 12. The van der Waals surface area contributed by atoms with Crippen LogP contribution in [0.1, 0.15) is 61.3 Å². The van der Waals surface area contributed by atoms with Gasteiger partial charge in [-0.3, -0.25) is 0 Å². The highest BCUT2D eigenvalue weighted by Crippen LogP contribution is 2.42. The first-order chi connectivity index (χ1) is 15.3. The summed E-state index contributed by atoms with van der Waals surface area (Å²) in [5.41, 5.74) is 2.68. The molecule has 4 nitrogen and oxygen atoms in total. The molecular formula is C25H40F3NO3Si. The molecule has 1 aromatic rings. The molecule has 0 heterocycles. The van der Waals surface area contributed by atoms with Gasteiger partial charge >= 0.3 is 6.18 Å². The van der Waals surface area contributed by atoms with Gasteiger partial charge in [0.15, 0.2) is 8.32 Å². The van der Waals surface area contributed by atoms with Gasteiger partial charge in [0.25, 0.3) is 5.90 Å². The zero-order valence-electron chi connectivity index (χ0n) is 21.3. The Morgan fingerprint density at radius 1 is 1.00 bits per heavy atom. The van der Waals surface area contributed by atoms with Crippen LogP contribution in [0.25, 0.3) is 0 Å². The Hall–Kier alpha value is -1.80. The van der Waals surface area contributed by atoms with Crippen molar-refractivity contribution in [2.75, 3.05) is 20.3 Å². The van der Waals surface area contributed by atoms with Crippen LogP contribution in [0.2, 0.25) is 16.6 Å². The predicted octanol–water partition coefficient (Wildman–Crippen LogP) is 8.22. The summed E-state index contributed by atoms with van der Waals surface area (Å²) in [5.74, 6) is -0.720. The zero-order chi connectivity index (χ0) is 25.2. The Morgan fingerprint density at radius 3 is 2.00 bits per heavy atom. The molecule has 0 saturated heterocycles. The molecular weight excluding hydrogens is 447 g/mol. The van der Waals surface area contributed by atoms with Gasteiger partial charge < -0.3 is 13.9 Å². The molecule has 0 amide bonds. The lowest BCUT2D eigenvalue weighted by atomic mass is 10.1. The second kappa shape index (κ2) is 13.2. The quantitative estimate of drug-likeness (QED) is 0.0980. The summed E-state index contributed by atoms with van der Waals surface area (Å²) in [5, 5.41) is 0. The van der Waals surface area contributed by atoms with Crippen molar-refractivity contribution in [3.8, 4) is 5.75 Å². The Bertz CT molecular complexity index is 750. The van der Waals surface area contributed by atoms with Gasteiger partial charge in [0.05, 0.1) is 12.8 Å². The van der Waals surface area contributed by atoms with Crippen molar-refractivity contribution in [1.82, 2.24) is 0 Å². The average Bonchev–Trinajstić information content (AvgIpc) is 2.72. The van der Waals surface area contributed by atoms with Gasteiger partial charge in [0.1, 0.15) is 12.4 Å². The number of alkyl halides is 3. The van der Waals surface area contributed by atoms with Crippen LogP contribution in [0.3, 0.4) is 0 Å². The number of ether oxygens (including phenoxy) is 2. The summed E-state index contributed by atoms with van der Waals surface area (Å²) in [6.45, 7) is 15.9. The summed E-state index contributed by atoms with van der Waals surface area (Å²) in [6, 6.07) is 6.00. The lowest BCUT2D eigenvalue weighted by Crippen LogP contribution is -2.47. The third-order valence-electron chi connectivity index (χ3n) is 5.97. The Balaban J connectivity index is 2.67. The van der Waals surface area contributed by atoms with E-state index in [1.54, 1.807) is 18.2 Å². The first-order valence-corrected chi connectivity index (χ1v) is 13.7. The smallest absolute Gasteiger partial charge is 0.468 e.